The zero-order valence-corrected chi connectivity index (χ0v) is 14.6. The maximum atomic E-state index is 13.0. The molecule has 1 aliphatic rings. The molecule has 2 aromatic carbocycles. The van der Waals surface area contributed by atoms with Gasteiger partial charge in [-0.15, -0.1) is 0 Å². The van der Waals surface area contributed by atoms with Crippen LogP contribution in [-0.4, -0.2) is 40.0 Å². The third-order valence-electron chi connectivity index (χ3n) is 4.83. The minimum atomic E-state index is -0.111. The van der Waals surface area contributed by atoms with E-state index in [1.54, 1.807) is 25.2 Å². The van der Waals surface area contributed by atoms with E-state index in [0.717, 1.165) is 6.54 Å². The maximum Gasteiger partial charge on any atom is 0.260 e. The first-order chi connectivity index (χ1) is 12.6. The quantitative estimate of drug-likeness (QED) is 0.766. The highest BCUT2D eigenvalue weighted by molar-refractivity contribution is 5.97. The van der Waals surface area contributed by atoms with Gasteiger partial charge >= 0.3 is 0 Å². The molecule has 0 unspecified atom stereocenters. The Hall–Kier alpha value is -2.99. The van der Waals surface area contributed by atoms with Gasteiger partial charge in [0.1, 0.15) is 0 Å². The van der Waals surface area contributed by atoms with Crippen LogP contribution >= 0.6 is 0 Å². The zero-order valence-electron chi connectivity index (χ0n) is 14.6. The van der Waals surface area contributed by atoms with Crippen molar-refractivity contribution in [3.8, 4) is 0 Å². The van der Waals surface area contributed by atoms with Crippen molar-refractivity contribution in [3.63, 3.8) is 0 Å². The van der Waals surface area contributed by atoms with Crippen LogP contribution in [0.4, 0.5) is 0 Å². The summed E-state index contributed by atoms with van der Waals surface area (Å²) in [5, 5.41) is 3.99. The van der Waals surface area contributed by atoms with Gasteiger partial charge in [-0.25, -0.2) is 4.98 Å². The highest BCUT2D eigenvalue weighted by atomic mass is 16.2. The van der Waals surface area contributed by atoms with Gasteiger partial charge in [0.15, 0.2) is 0 Å². The number of rotatable bonds is 2. The number of fused-ring (bicyclic) bond motifs is 1. The van der Waals surface area contributed by atoms with Crippen molar-refractivity contribution in [2.24, 2.45) is 7.05 Å². The minimum Gasteiger partial charge on any atom is -0.335 e. The van der Waals surface area contributed by atoms with E-state index in [1.165, 1.54) is 16.5 Å². The SMILES string of the molecule is Cn1cnc2cc(C(=O)N3CCN[C@@H](c4ccccc4)C3)ccc2c1=O. The molecule has 1 aromatic heterocycles. The van der Waals surface area contributed by atoms with Crippen molar-refractivity contribution >= 4 is 16.8 Å². The van der Waals surface area contributed by atoms with Crippen LogP contribution in [0, 0.1) is 0 Å². The molecule has 1 N–H and O–H groups in total. The summed E-state index contributed by atoms with van der Waals surface area (Å²) < 4.78 is 1.44. The molecule has 132 valence electrons. The molecule has 1 saturated heterocycles. The Kier molecular flexibility index (Phi) is 4.26. The van der Waals surface area contributed by atoms with Crippen molar-refractivity contribution in [1.29, 1.82) is 0 Å². The van der Waals surface area contributed by atoms with Crippen molar-refractivity contribution in [2.45, 2.75) is 6.04 Å². The standard InChI is InChI=1S/C20H20N4O2/c1-23-13-22-17-11-15(7-8-16(17)20(23)26)19(25)24-10-9-21-18(12-24)14-5-3-2-4-6-14/h2-8,11,13,18,21H,9-10,12H2,1H3/t18-/m1/s1. The molecular weight excluding hydrogens is 328 g/mol. The molecule has 1 amide bonds. The first-order valence-electron chi connectivity index (χ1n) is 8.66. The second kappa shape index (κ2) is 6.72. The molecule has 0 aliphatic carbocycles. The Balaban J connectivity index is 1.60. The Morgan fingerprint density at radius 3 is 2.81 bits per heavy atom. The highest BCUT2D eigenvalue weighted by Gasteiger charge is 2.25. The second-order valence-corrected chi connectivity index (χ2v) is 6.56. The average Bonchev–Trinajstić information content (AvgIpc) is 2.71. The number of nitrogens with zero attached hydrogens (tertiary/aromatic N) is 3. The van der Waals surface area contributed by atoms with Gasteiger partial charge in [-0.05, 0) is 23.8 Å². The van der Waals surface area contributed by atoms with Gasteiger partial charge in [0.2, 0.25) is 0 Å². The summed E-state index contributed by atoms with van der Waals surface area (Å²) in [7, 11) is 1.66. The van der Waals surface area contributed by atoms with E-state index in [4.69, 9.17) is 0 Å². The molecule has 3 aromatic rings. The van der Waals surface area contributed by atoms with Crippen LogP contribution in [0.5, 0.6) is 0 Å². The topological polar surface area (TPSA) is 67.2 Å². The Morgan fingerprint density at radius 1 is 1.19 bits per heavy atom. The summed E-state index contributed by atoms with van der Waals surface area (Å²) in [6.45, 7) is 2.02. The van der Waals surface area contributed by atoms with E-state index in [2.05, 4.69) is 22.4 Å². The first kappa shape index (κ1) is 16.5. The smallest absolute Gasteiger partial charge is 0.260 e. The van der Waals surface area contributed by atoms with Crippen LogP contribution in [0.25, 0.3) is 10.9 Å². The van der Waals surface area contributed by atoms with E-state index in [1.807, 2.05) is 23.1 Å². The summed E-state index contributed by atoms with van der Waals surface area (Å²) in [6, 6.07) is 15.4. The number of aromatic nitrogens is 2. The lowest BCUT2D eigenvalue weighted by Crippen LogP contribution is -2.48. The molecule has 0 spiro atoms. The highest BCUT2D eigenvalue weighted by Crippen LogP contribution is 2.19. The van der Waals surface area contributed by atoms with Crippen molar-refractivity contribution in [2.75, 3.05) is 19.6 Å². The molecule has 1 atom stereocenters. The fourth-order valence-corrected chi connectivity index (χ4v) is 3.37. The fourth-order valence-electron chi connectivity index (χ4n) is 3.37. The van der Waals surface area contributed by atoms with E-state index in [0.29, 0.717) is 29.6 Å². The van der Waals surface area contributed by atoms with Crippen LogP contribution in [0.3, 0.4) is 0 Å². The van der Waals surface area contributed by atoms with Crippen LogP contribution in [0.15, 0.2) is 59.7 Å². The number of nitrogens with one attached hydrogen (secondary N) is 1. The molecule has 0 radical (unpaired) electrons. The van der Waals surface area contributed by atoms with Gasteiger partial charge in [0, 0.05) is 38.3 Å². The third kappa shape index (κ3) is 2.99. The lowest BCUT2D eigenvalue weighted by Gasteiger charge is -2.34. The molecule has 1 aliphatic heterocycles. The van der Waals surface area contributed by atoms with Crippen LogP contribution in [0.1, 0.15) is 22.0 Å². The van der Waals surface area contributed by atoms with E-state index < -0.39 is 0 Å². The number of hydrogen-bond donors (Lipinski definition) is 1. The molecule has 0 bridgehead atoms. The summed E-state index contributed by atoms with van der Waals surface area (Å²) in [5.41, 5.74) is 2.18. The molecule has 4 rings (SSSR count). The summed E-state index contributed by atoms with van der Waals surface area (Å²) in [5.74, 6) is -0.0307. The number of carbonyl (C=O) groups excluding carboxylic acids is 1. The Labute approximate surface area is 151 Å². The average molecular weight is 348 g/mol. The summed E-state index contributed by atoms with van der Waals surface area (Å²) in [6.07, 6.45) is 1.48. The van der Waals surface area contributed by atoms with E-state index in [9.17, 15) is 9.59 Å². The molecule has 6 nitrogen and oxygen atoms in total. The number of benzene rings is 2. The normalized spacial score (nSPS) is 17.4. The van der Waals surface area contributed by atoms with Crippen LogP contribution < -0.4 is 10.9 Å². The predicted molar refractivity (Wildman–Crippen MR) is 100 cm³/mol. The van der Waals surface area contributed by atoms with Gasteiger partial charge in [-0.3, -0.25) is 9.59 Å². The molecule has 6 heteroatoms. The van der Waals surface area contributed by atoms with Gasteiger partial charge < -0.3 is 14.8 Å². The number of piperazine rings is 1. The predicted octanol–water partition coefficient (Wildman–Crippen LogP) is 1.72. The molecule has 26 heavy (non-hydrogen) atoms. The second-order valence-electron chi connectivity index (χ2n) is 6.56. The number of amides is 1. The minimum absolute atomic E-state index is 0.0307. The first-order valence-corrected chi connectivity index (χ1v) is 8.66. The molecular formula is C20H20N4O2. The van der Waals surface area contributed by atoms with E-state index >= 15 is 0 Å². The van der Waals surface area contributed by atoms with Gasteiger partial charge in [-0.1, -0.05) is 30.3 Å². The lowest BCUT2D eigenvalue weighted by atomic mass is 10.0. The fraction of sp³-hybridized carbons (Fsp3) is 0.250. The Bertz CT molecular complexity index is 1010. The largest absolute Gasteiger partial charge is 0.335 e. The maximum absolute atomic E-state index is 13.0. The van der Waals surface area contributed by atoms with Crippen LogP contribution in [0.2, 0.25) is 0 Å². The van der Waals surface area contributed by atoms with Crippen LogP contribution in [-0.2, 0) is 7.05 Å². The van der Waals surface area contributed by atoms with Gasteiger partial charge in [0.25, 0.3) is 11.5 Å². The molecule has 1 fully saturated rings. The molecule has 0 saturated carbocycles. The van der Waals surface area contributed by atoms with Gasteiger partial charge in [0.05, 0.1) is 17.2 Å². The number of aryl methyl sites for hydroxylation is 1. The van der Waals surface area contributed by atoms with Gasteiger partial charge in [-0.2, -0.15) is 0 Å². The Morgan fingerprint density at radius 2 is 2.00 bits per heavy atom. The van der Waals surface area contributed by atoms with E-state index in [-0.39, 0.29) is 17.5 Å². The number of hydrogen-bond acceptors (Lipinski definition) is 4. The van der Waals surface area contributed by atoms with Crippen molar-refractivity contribution in [3.05, 3.63) is 76.3 Å². The number of carbonyl (C=O) groups is 1. The molecule has 2 heterocycles. The summed E-state index contributed by atoms with van der Waals surface area (Å²) >= 11 is 0. The summed E-state index contributed by atoms with van der Waals surface area (Å²) in [4.78, 5) is 31.2. The lowest BCUT2D eigenvalue weighted by molar-refractivity contribution is 0.0703. The zero-order chi connectivity index (χ0) is 18.1. The third-order valence-corrected chi connectivity index (χ3v) is 4.83. The van der Waals surface area contributed by atoms with Crippen molar-refractivity contribution in [1.82, 2.24) is 19.8 Å². The van der Waals surface area contributed by atoms with Crippen molar-refractivity contribution < 1.29 is 4.79 Å². The monoisotopic (exact) mass is 348 g/mol.